The predicted molar refractivity (Wildman–Crippen MR) is 272 cm³/mol. The van der Waals surface area contributed by atoms with Gasteiger partial charge >= 0.3 is 0 Å². The second-order valence-electron chi connectivity index (χ2n) is 18.0. The van der Waals surface area contributed by atoms with Crippen molar-refractivity contribution in [2.75, 3.05) is 4.90 Å². The van der Waals surface area contributed by atoms with Crippen LogP contribution in [0.4, 0.5) is 17.1 Å². The van der Waals surface area contributed by atoms with Crippen LogP contribution >= 0.6 is 0 Å². The van der Waals surface area contributed by atoms with E-state index in [2.05, 4.69) is 267 Å². The zero-order chi connectivity index (χ0) is 43.5. The lowest BCUT2D eigenvalue weighted by Crippen LogP contribution is -2.28. The molecule has 0 saturated carbocycles. The Morgan fingerprint density at radius 3 is 1.38 bits per heavy atom. The molecule has 0 heterocycles. The minimum Gasteiger partial charge on any atom is -0.310 e. The molecule has 0 N–H and O–H groups in total. The van der Waals surface area contributed by atoms with E-state index in [-0.39, 0.29) is 5.41 Å². The first kappa shape index (κ1) is 38.7. The number of fused-ring (bicyclic) bond motifs is 6. The van der Waals surface area contributed by atoms with E-state index in [1.54, 1.807) is 0 Å². The van der Waals surface area contributed by atoms with Crippen molar-refractivity contribution < 1.29 is 0 Å². The number of rotatable bonds is 8. The van der Waals surface area contributed by atoms with Crippen LogP contribution < -0.4 is 4.90 Å². The fourth-order valence-electron chi connectivity index (χ4n) is 11.1. The second-order valence-corrected chi connectivity index (χ2v) is 18.0. The van der Waals surface area contributed by atoms with Gasteiger partial charge in [0.15, 0.2) is 0 Å². The fourth-order valence-corrected chi connectivity index (χ4v) is 11.1. The van der Waals surface area contributed by atoms with Gasteiger partial charge in [-0.15, -0.1) is 0 Å². The monoisotopic (exact) mass is 829 g/mol. The minimum absolute atomic E-state index is 0.0718. The Hall–Kier alpha value is -8.00. The molecule has 1 heteroatoms. The van der Waals surface area contributed by atoms with Gasteiger partial charge in [0, 0.05) is 22.4 Å². The summed E-state index contributed by atoms with van der Waals surface area (Å²) in [6, 6.07) is 92.1. The van der Waals surface area contributed by atoms with Crippen molar-refractivity contribution in [3.8, 4) is 55.6 Å². The van der Waals surface area contributed by atoms with Gasteiger partial charge in [0.05, 0.1) is 11.1 Å². The Morgan fingerprint density at radius 2 is 0.769 bits per heavy atom. The van der Waals surface area contributed by atoms with Crippen molar-refractivity contribution in [3.05, 3.63) is 282 Å². The molecule has 0 fully saturated rings. The van der Waals surface area contributed by atoms with E-state index in [9.17, 15) is 0 Å². The summed E-state index contributed by atoms with van der Waals surface area (Å²) in [5.74, 6) is 0. The van der Waals surface area contributed by atoms with Gasteiger partial charge in [0.2, 0.25) is 0 Å². The molecule has 2 aliphatic rings. The van der Waals surface area contributed by atoms with Gasteiger partial charge in [-0.1, -0.05) is 220 Å². The van der Waals surface area contributed by atoms with Gasteiger partial charge in [-0.2, -0.15) is 0 Å². The zero-order valence-corrected chi connectivity index (χ0v) is 36.6. The number of benzene rings is 10. The lowest BCUT2D eigenvalue weighted by molar-refractivity contribution is 0.660. The van der Waals surface area contributed by atoms with E-state index < -0.39 is 5.41 Å². The quantitative estimate of drug-likeness (QED) is 0.147. The molecule has 0 spiro atoms. The standard InChI is InChI=1S/C64H47N/c1-63(2)57-30-17-15-28-54(57)55-39-36-47(43-60(55)63)46-34-37-52(38-35-46)65(53-41-48(44-20-7-3-8-21-44)40-49(42-53)45-22-9-4-10-23-45)61-33-19-32-59-62(61)56-29-16-18-31-58(56)64(59,50-24-11-5-12-25-50)51-26-13-6-14-27-51/h3-43H,1-2H3. The third-order valence-corrected chi connectivity index (χ3v) is 14.1. The van der Waals surface area contributed by atoms with Gasteiger partial charge in [-0.05, 0) is 126 Å². The summed E-state index contributed by atoms with van der Waals surface area (Å²) in [5.41, 5.74) is 22.9. The van der Waals surface area contributed by atoms with Crippen molar-refractivity contribution >= 4 is 17.1 Å². The van der Waals surface area contributed by atoms with Crippen LogP contribution in [0, 0.1) is 0 Å². The summed E-state index contributed by atoms with van der Waals surface area (Å²) in [4.78, 5) is 2.51. The maximum absolute atomic E-state index is 2.51. The largest absolute Gasteiger partial charge is 0.310 e. The first-order valence-electron chi connectivity index (χ1n) is 22.8. The maximum atomic E-state index is 2.51. The second kappa shape index (κ2) is 15.4. The van der Waals surface area contributed by atoms with Crippen LogP contribution in [-0.2, 0) is 10.8 Å². The topological polar surface area (TPSA) is 3.24 Å². The Balaban J connectivity index is 1.10. The van der Waals surface area contributed by atoms with Crippen LogP contribution in [0.3, 0.4) is 0 Å². The zero-order valence-electron chi connectivity index (χ0n) is 36.6. The molecule has 0 aliphatic heterocycles. The van der Waals surface area contributed by atoms with Crippen LogP contribution in [0.15, 0.2) is 249 Å². The molecule has 0 radical (unpaired) electrons. The van der Waals surface area contributed by atoms with Crippen molar-refractivity contribution in [2.45, 2.75) is 24.7 Å². The first-order valence-corrected chi connectivity index (χ1v) is 22.8. The summed E-state index contributed by atoms with van der Waals surface area (Å²) in [6.07, 6.45) is 0. The average Bonchev–Trinajstić information content (AvgIpc) is 3.81. The third-order valence-electron chi connectivity index (χ3n) is 14.1. The van der Waals surface area contributed by atoms with Crippen LogP contribution in [-0.4, -0.2) is 0 Å². The average molecular weight is 830 g/mol. The lowest BCUT2D eigenvalue weighted by Gasteiger charge is -2.34. The lowest BCUT2D eigenvalue weighted by atomic mass is 9.68. The molecule has 1 nitrogen and oxygen atoms in total. The highest BCUT2D eigenvalue weighted by Crippen LogP contribution is 2.60. The highest BCUT2D eigenvalue weighted by Gasteiger charge is 2.47. The summed E-state index contributed by atoms with van der Waals surface area (Å²) >= 11 is 0. The van der Waals surface area contributed by atoms with E-state index in [0.29, 0.717) is 0 Å². The predicted octanol–water partition coefficient (Wildman–Crippen LogP) is 16.8. The smallest absolute Gasteiger partial charge is 0.0714 e. The Morgan fingerprint density at radius 1 is 0.292 bits per heavy atom. The van der Waals surface area contributed by atoms with Crippen molar-refractivity contribution in [2.24, 2.45) is 0 Å². The van der Waals surface area contributed by atoms with Crippen molar-refractivity contribution in [1.82, 2.24) is 0 Å². The number of anilines is 3. The molecule has 0 aromatic heterocycles. The highest BCUT2D eigenvalue weighted by molar-refractivity contribution is 5.98. The van der Waals surface area contributed by atoms with E-state index in [1.807, 2.05) is 0 Å². The van der Waals surface area contributed by atoms with Gasteiger partial charge in [0.1, 0.15) is 0 Å². The molecule has 10 aromatic carbocycles. The Bertz CT molecular complexity index is 3270. The molecule has 10 aromatic rings. The van der Waals surface area contributed by atoms with Gasteiger partial charge in [0.25, 0.3) is 0 Å². The van der Waals surface area contributed by atoms with E-state index in [1.165, 1.54) is 89.0 Å². The molecule has 308 valence electrons. The van der Waals surface area contributed by atoms with E-state index >= 15 is 0 Å². The van der Waals surface area contributed by atoms with Crippen molar-refractivity contribution in [3.63, 3.8) is 0 Å². The molecule has 0 unspecified atom stereocenters. The molecule has 65 heavy (non-hydrogen) atoms. The van der Waals surface area contributed by atoms with Crippen molar-refractivity contribution in [1.29, 1.82) is 0 Å². The fraction of sp³-hybridized carbons (Fsp3) is 0.0625. The SMILES string of the molecule is CC1(C)c2ccccc2-c2ccc(-c3ccc(N(c4cc(-c5ccccc5)cc(-c5ccccc5)c4)c4cccc5c4-c4ccccc4C5(c4ccccc4)c4ccccc4)cc3)cc21. The molecular weight excluding hydrogens is 783 g/mol. The van der Waals surface area contributed by atoms with Crippen LogP contribution in [0.2, 0.25) is 0 Å². The van der Waals surface area contributed by atoms with Gasteiger partial charge < -0.3 is 4.90 Å². The first-order chi connectivity index (χ1) is 32.0. The summed E-state index contributed by atoms with van der Waals surface area (Å²) in [7, 11) is 0. The maximum Gasteiger partial charge on any atom is 0.0714 e. The summed E-state index contributed by atoms with van der Waals surface area (Å²) in [5, 5.41) is 0. The number of hydrogen-bond donors (Lipinski definition) is 0. The van der Waals surface area contributed by atoms with Gasteiger partial charge in [-0.25, -0.2) is 0 Å². The highest BCUT2D eigenvalue weighted by atomic mass is 15.1. The summed E-state index contributed by atoms with van der Waals surface area (Å²) < 4.78 is 0. The normalized spacial score (nSPS) is 13.6. The number of nitrogens with zero attached hydrogens (tertiary/aromatic N) is 1. The minimum atomic E-state index is -0.526. The van der Waals surface area contributed by atoms with E-state index in [0.717, 1.165) is 17.1 Å². The molecule has 2 aliphatic carbocycles. The molecule has 0 amide bonds. The molecule has 12 rings (SSSR count). The van der Waals surface area contributed by atoms with Crippen LogP contribution in [0.1, 0.15) is 47.2 Å². The molecular formula is C64H47N. The number of hydrogen-bond acceptors (Lipinski definition) is 1. The van der Waals surface area contributed by atoms with Gasteiger partial charge in [-0.3, -0.25) is 0 Å². The van der Waals surface area contributed by atoms with Crippen LogP contribution in [0.5, 0.6) is 0 Å². The molecule has 0 bridgehead atoms. The van der Waals surface area contributed by atoms with E-state index in [4.69, 9.17) is 0 Å². The Labute approximate surface area is 382 Å². The summed E-state index contributed by atoms with van der Waals surface area (Å²) in [6.45, 7) is 4.72. The van der Waals surface area contributed by atoms with Crippen LogP contribution in [0.25, 0.3) is 55.6 Å². The molecule has 0 saturated heterocycles. The molecule has 0 atom stereocenters. The Kier molecular flexibility index (Phi) is 9.14. The third kappa shape index (κ3) is 6.15.